The van der Waals surface area contributed by atoms with Gasteiger partial charge in [0.15, 0.2) is 17.9 Å². The van der Waals surface area contributed by atoms with Gasteiger partial charge in [-0.25, -0.2) is 27.8 Å². The Hall–Kier alpha value is -2.88. The zero-order valence-electron chi connectivity index (χ0n) is 13.4. The molecular weight excluding hydrogens is 353 g/mol. The number of carbonyl (C=O) groups excluding carboxylic acids is 1. The van der Waals surface area contributed by atoms with Gasteiger partial charge in [-0.1, -0.05) is 0 Å². The lowest BCUT2D eigenvalue weighted by Crippen LogP contribution is -2.43. The maximum absolute atomic E-state index is 14.2. The number of carbonyl (C=O) groups is 1. The standard InChI is InChI=1S/C16H13F3N4O3/c1-7-12-6-25-16(24)23(12)13-11(19)5-20-15(21-13)22-14(26-7)9-3-2-8(17)4-10(9)18/h2-5,7,12,14H,6H2,1H3,(H,20,21,22)/t7-,12-,14+/m1/s1. The molecule has 10 heteroatoms. The number of hydrogen-bond acceptors (Lipinski definition) is 6. The van der Waals surface area contributed by atoms with E-state index in [4.69, 9.17) is 9.47 Å². The average Bonchev–Trinajstić information content (AvgIpc) is 2.98. The van der Waals surface area contributed by atoms with Crippen molar-refractivity contribution < 1.29 is 27.4 Å². The molecule has 136 valence electrons. The molecule has 2 aromatic rings. The molecule has 1 N–H and O–H groups in total. The smallest absolute Gasteiger partial charge is 0.416 e. The fourth-order valence-electron chi connectivity index (χ4n) is 2.94. The van der Waals surface area contributed by atoms with E-state index in [1.54, 1.807) is 6.92 Å². The van der Waals surface area contributed by atoms with Gasteiger partial charge in [-0.15, -0.1) is 0 Å². The first kappa shape index (κ1) is 16.6. The molecule has 1 fully saturated rings. The summed E-state index contributed by atoms with van der Waals surface area (Å²) in [6.07, 6.45) is -1.64. The van der Waals surface area contributed by atoms with Gasteiger partial charge in [0, 0.05) is 11.6 Å². The molecule has 1 amide bonds. The summed E-state index contributed by atoms with van der Waals surface area (Å²) in [4.78, 5) is 20.9. The third-order valence-electron chi connectivity index (χ3n) is 4.26. The van der Waals surface area contributed by atoms with Gasteiger partial charge in [-0.2, -0.15) is 4.98 Å². The molecule has 3 atom stereocenters. The highest BCUT2D eigenvalue weighted by Gasteiger charge is 2.42. The topological polar surface area (TPSA) is 76.6 Å². The molecule has 26 heavy (non-hydrogen) atoms. The van der Waals surface area contributed by atoms with E-state index in [0.29, 0.717) is 0 Å². The van der Waals surface area contributed by atoms with Crippen molar-refractivity contribution in [3.63, 3.8) is 0 Å². The molecule has 2 bridgehead atoms. The highest BCUT2D eigenvalue weighted by Crippen LogP contribution is 2.32. The minimum Gasteiger partial charge on any atom is -0.447 e. The molecule has 0 aliphatic carbocycles. The quantitative estimate of drug-likeness (QED) is 0.836. The molecule has 1 aromatic carbocycles. The largest absolute Gasteiger partial charge is 0.447 e. The Morgan fingerprint density at radius 3 is 2.85 bits per heavy atom. The number of cyclic esters (lactones) is 1. The third-order valence-corrected chi connectivity index (χ3v) is 4.26. The molecule has 3 heterocycles. The molecule has 1 saturated heterocycles. The van der Waals surface area contributed by atoms with Crippen molar-refractivity contribution in [2.45, 2.75) is 25.3 Å². The molecule has 4 rings (SSSR count). The lowest BCUT2D eigenvalue weighted by atomic mass is 10.1. The summed E-state index contributed by atoms with van der Waals surface area (Å²) >= 11 is 0. The first-order valence-corrected chi connectivity index (χ1v) is 7.79. The van der Waals surface area contributed by atoms with E-state index in [-0.39, 0.29) is 23.9 Å². The second kappa shape index (κ2) is 6.13. The van der Waals surface area contributed by atoms with Gasteiger partial charge < -0.3 is 14.8 Å². The monoisotopic (exact) mass is 366 g/mol. The Morgan fingerprint density at radius 2 is 2.08 bits per heavy atom. The molecule has 0 spiro atoms. The van der Waals surface area contributed by atoms with E-state index in [1.807, 2.05) is 0 Å². The molecule has 1 aromatic heterocycles. The molecule has 0 radical (unpaired) electrons. The zero-order chi connectivity index (χ0) is 18.4. The van der Waals surface area contributed by atoms with Crippen molar-refractivity contribution in [2.24, 2.45) is 0 Å². The number of nitrogens with zero attached hydrogens (tertiary/aromatic N) is 3. The van der Waals surface area contributed by atoms with Crippen molar-refractivity contribution in [1.82, 2.24) is 9.97 Å². The van der Waals surface area contributed by atoms with E-state index >= 15 is 0 Å². The van der Waals surface area contributed by atoms with Crippen LogP contribution in [0.15, 0.2) is 24.4 Å². The number of halogens is 3. The first-order chi connectivity index (χ1) is 12.4. The van der Waals surface area contributed by atoms with Crippen LogP contribution in [-0.4, -0.2) is 34.8 Å². The predicted molar refractivity (Wildman–Crippen MR) is 82.9 cm³/mol. The van der Waals surface area contributed by atoms with Gasteiger partial charge in [0.25, 0.3) is 0 Å². The Morgan fingerprint density at radius 1 is 1.27 bits per heavy atom. The summed E-state index contributed by atoms with van der Waals surface area (Å²) in [5.41, 5.74) is 0.0198. The van der Waals surface area contributed by atoms with Crippen molar-refractivity contribution in [1.29, 1.82) is 0 Å². The van der Waals surface area contributed by atoms with Gasteiger partial charge in [0.1, 0.15) is 24.3 Å². The fraction of sp³-hybridized carbons (Fsp3) is 0.312. The van der Waals surface area contributed by atoms with E-state index in [1.165, 1.54) is 6.07 Å². The van der Waals surface area contributed by atoms with Crippen LogP contribution < -0.4 is 10.2 Å². The Balaban J connectivity index is 1.80. The van der Waals surface area contributed by atoms with Crippen molar-refractivity contribution in [3.05, 3.63) is 47.4 Å². The molecular formula is C16H13F3N4O3. The zero-order valence-corrected chi connectivity index (χ0v) is 13.4. The van der Waals surface area contributed by atoms with Crippen LogP contribution in [0.3, 0.4) is 0 Å². The number of anilines is 2. The highest BCUT2D eigenvalue weighted by molar-refractivity contribution is 5.89. The summed E-state index contributed by atoms with van der Waals surface area (Å²) in [7, 11) is 0. The van der Waals surface area contributed by atoms with Crippen LogP contribution in [0.5, 0.6) is 0 Å². The van der Waals surface area contributed by atoms with Crippen LogP contribution in [0.2, 0.25) is 0 Å². The van der Waals surface area contributed by atoms with E-state index in [0.717, 1.165) is 23.2 Å². The molecule has 7 nitrogen and oxygen atoms in total. The Bertz CT molecular complexity index is 882. The molecule has 2 aliphatic rings. The van der Waals surface area contributed by atoms with Crippen molar-refractivity contribution in [3.8, 4) is 0 Å². The maximum Gasteiger partial charge on any atom is 0.416 e. The summed E-state index contributed by atoms with van der Waals surface area (Å²) in [5, 5.41) is 2.75. The number of ether oxygens (including phenoxy) is 2. The Labute approximate surface area is 145 Å². The van der Waals surface area contributed by atoms with Crippen LogP contribution >= 0.6 is 0 Å². The average molecular weight is 366 g/mol. The van der Waals surface area contributed by atoms with Crippen LogP contribution in [0.4, 0.5) is 29.7 Å². The number of benzene rings is 1. The minimum absolute atomic E-state index is 0.0198. The summed E-state index contributed by atoms with van der Waals surface area (Å²) in [6.45, 7) is 1.59. The molecule has 0 unspecified atom stereocenters. The van der Waals surface area contributed by atoms with E-state index in [9.17, 15) is 18.0 Å². The van der Waals surface area contributed by atoms with Crippen LogP contribution in [0.1, 0.15) is 18.7 Å². The number of amides is 1. The lowest BCUT2D eigenvalue weighted by molar-refractivity contribution is -0.00480. The number of hydrogen-bond donors (Lipinski definition) is 1. The number of rotatable bonds is 1. The number of aromatic nitrogens is 2. The van der Waals surface area contributed by atoms with Crippen molar-refractivity contribution in [2.75, 3.05) is 16.8 Å². The number of fused-ring (bicyclic) bond motifs is 4. The van der Waals surface area contributed by atoms with E-state index < -0.39 is 41.9 Å². The molecule has 0 saturated carbocycles. The maximum atomic E-state index is 14.2. The summed E-state index contributed by atoms with van der Waals surface area (Å²) in [5.74, 6) is -2.71. The van der Waals surface area contributed by atoms with Gasteiger partial charge >= 0.3 is 6.09 Å². The highest BCUT2D eigenvalue weighted by atomic mass is 19.1. The van der Waals surface area contributed by atoms with Crippen LogP contribution in [0, 0.1) is 17.5 Å². The second-order valence-electron chi connectivity index (χ2n) is 5.91. The van der Waals surface area contributed by atoms with E-state index in [2.05, 4.69) is 15.3 Å². The van der Waals surface area contributed by atoms with Gasteiger partial charge in [-0.05, 0) is 19.1 Å². The van der Waals surface area contributed by atoms with Crippen LogP contribution in [-0.2, 0) is 9.47 Å². The van der Waals surface area contributed by atoms with Crippen molar-refractivity contribution >= 4 is 17.9 Å². The minimum atomic E-state index is -1.08. The second-order valence-corrected chi connectivity index (χ2v) is 5.91. The van der Waals surface area contributed by atoms with Gasteiger partial charge in [0.05, 0.1) is 12.3 Å². The lowest BCUT2D eigenvalue weighted by Gasteiger charge is -2.28. The van der Waals surface area contributed by atoms with Crippen LogP contribution in [0.25, 0.3) is 0 Å². The fourth-order valence-corrected chi connectivity index (χ4v) is 2.94. The summed E-state index contributed by atoms with van der Waals surface area (Å²) < 4.78 is 52.4. The van der Waals surface area contributed by atoms with Gasteiger partial charge in [0.2, 0.25) is 5.95 Å². The summed E-state index contributed by atoms with van der Waals surface area (Å²) in [6, 6.07) is 2.37. The predicted octanol–water partition coefficient (Wildman–Crippen LogP) is 2.75. The molecule has 2 aliphatic heterocycles. The first-order valence-electron chi connectivity index (χ1n) is 7.79. The SMILES string of the molecule is C[C@H]1O[C@@H](c2ccc(F)cc2F)Nc2ncc(F)c(n2)N2C(=O)OC[C@H]12. The third kappa shape index (κ3) is 2.71. The number of nitrogens with one attached hydrogen (secondary N) is 1. The van der Waals surface area contributed by atoms with Gasteiger partial charge in [-0.3, -0.25) is 0 Å². The normalized spacial score (nSPS) is 24.8. The Kier molecular flexibility index (Phi) is 3.91.